The Morgan fingerprint density at radius 3 is 2.59 bits per heavy atom. The van der Waals surface area contributed by atoms with Crippen molar-refractivity contribution >= 4 is 17.8 Å². The number of nitrogens with one attached hydrogen (secondary N) is 1. The summed E-state index contributed by atoms with van der Waals surface area (Å²) < 4.78 is 18.2. The number of fused-ring (bicyclic) bond motifs is 1. The monoisotopic (exact) mass is 450 g/mol. The highest BCUT2D eigenvalue weighted by Gasteiger charge is 2.65. The molecule has 0 saturated carbocycles. The highest BCUT2D eigenvalue weighted by molar-refractivity contribution is 5.74. The number of ether oxygens (including phenoxy) is 3. The number of esters is 2. The Hall–Kier alpha value is -3.64. The molecule has 5 atom stereocenters. The summed E-state index contributed by atoms with van der Waals surface area (Å²) in [4.78, 5) is 66.4. The first-order chi connectivity index (χ1) is 15.1. The molecule has 0 aromatic carbocycles. The number of carbonyl (C=O) groups is 3. The fourth-order valence-corrected chi connectivity index (χ4v) is 4.32. The van der Waals surface area contributed by atoms with E-state index in [2.05, 4.69) is 15.0 Å². The van der Waals surface area contributed by atoms with Gasteiger partial charge >= 0.3 is 17.6 Å². The SMILES string of the molecule is CC(=O)O[C@H]1[C@H](n2ccc(=O)[nH]c2=O)O[C@@H]2CN(C(C)=O)[C@@H](CN=[N+]=[N-])C[C@@]21OC(C)=O. The molecule has 14 nitrogen and oxygen atoms in total. The Morgan fingerprint density at radius 2 is 2.03 bits per heavy atom. The topological polar surface area (TPSA) is 186 Å². The molecule has 32 heavy (non-hydrogen) atoms. The van der Waals surface area contributed by atoms with Crippen LogP contribution in [0.4, 0.5) is 0 Å². The molecule has 1 amide bonds. The first-order valence-corrected chi connectivity index (χ1v) is 9.71. The largest absolute Gasteiger partial charge is 0.453 e. The van der Waals surface area contributed by atoms with Crippen molar-refractivity contribution in [3.8, 4) is 0 Å². The molecule has 172 valence electrons. The van der Waals surface area contributed by atoms with Crippen molar-refractivity contribution in [3.63, 3.8) is 0 Å². The lowest BCUT2D eigenvalue weighted by Gasteiger charge is -2.47. The van der Waals surface area contributed by atoms with Gasteiger partial charge < -0.3 is 19.1 Å². The van der Waals surface area contributed by atoms with E-state index in [0.29, 0.717) is 0 Å². The summed E-state index contributed by atoms with van der Waals surface area (Å²) in [5, 5.41) is 3.54. The minimum Gasteiger partial charge on any atom is -0.453 e. The molecule has 1 aromatic rings. The summed E-state index contributed by atoms with van der Waals surface area (Å²) in [6.07, 6.45) is -2.45. The number of piperidine rings is 1. The molecule has 1 aromatic heterocycles. The summed E-state index contributed by atoms with van der Waals surface area (Å²) in [5.74, 6) is -1.77. The summed E-state index contributed by atoms with van der Waals surface area (Å²) in [7, 11) is 0. The molecule has 0 unspecified atom stereocenters. The molecular weight excluding hydrogens is 428 g/mol. The van der Waals surface area contributed by atoms with Crippen LogP contribution in [0.2, 0.25) is 0 Å². The Bertz CT molecular complexity index is 1090. The summed E-state index contributed by atoms with van der Waals surface area (Å²) >= 11 is 0. The Kier molecular flexibility index (Phi) is 6.37. The van der Waals surface area contributed by atoms with Crippen molar-refractivity contribution in [1.29, 1.82) is 0 Å². The molecule has 3 heterocycles. The van der Waals surface area contributed by atoms with Crippen LogP contribution in [-0.2, 0) is 28.6 Å². The number of aromatic nitrogens is 2. The van der Waals surface area contributed by atoms with Crippen LogP contribution >= 0.6 is 0 Å². The highest BCUT2D eigenvalue weighted by atomic mass is 16.7. The number of hydrogen-bond donors (Lipinski definition) is 1. The van der Waals surface area contributed by atoms with E-state index in [-0.39, 0.29) is 25.4 Å². The number of H-pyrrole nitrogens is 1. The number of azide groups is 1. The number of aromatic amines is 1. The van der Waals surface area contributed by atoms with E-state index >= 15 is 0 Å². The van der Waals surface area contributed by atoms with Crippen molar-refractivity contribution in [1.82, 2.24) is 14.5 Å². The number of amides is 1. The van der Waals surface area contributed by atoms with Gasteiger partial charge in [-0.05, 0) is 5.53 Å². The van der Waals surface area contributed by atoms with E-state index in [1.807, 2.05) is 0 Å². The highest BCUT2D eigenvalue weighted by Crippen LogP contribution is 2.47. The first-order valence-electron chi connectivity index (χ1n) is 9.71. The van der Waals surface area contributed by atoms with Gasteiger partial charge in [-0.15, -0.1) is 0 Å². The van der Waals surface area contributed by atoms with Crippen LogP contribution in [0.3, 0.4) is 0 Å². The zero-order valence-electron chi connectivity index (χ0n) is 17.6. The molecular formula is C18H22N6O8. The smallest absolute Gasteiger partial charge is 0.330 e. The van der Waals surface area contributed by atoms with Gasteiger partial charge in [0.1, 0.15) is 6.10 Å². The number of carbonyl (C=O) groups excluding carboxylic acids is 3. The molecule has 0 aliphatic carbocycles. The molecule has 2 fully saturated rings. The van der Waals surface area contributed by atoms with E-state index < -0.39 is 53.3 Å². The Labute approximate surface area is 180 Å². The van der Waals surface area contributed by atoms with Crippen LogP contribution in [-0.4, -0.2) is 69.2 Å². The van der Waals surface area contributed by atoms with Gasteiger partial charge in [-0.25, -0.2) is 4.79 Å². The third-order valence-corrected chi connectivity index (χ3v) is 5.46. The first kappa shape index (κ1) is 23.0. The molecule has 2 saturated heterocycles. The second kappa shape index (κ2) is 8.85. The van der Waals surface area contributed by atoms with Crippen LogP contribution in [0.5, 0.6) is 0 Å². The number of rotatable bonds is 5. The molecule has 2 aliphatic heterocycles. The van der Waals surface area contributed by atoms with Gasteiger partial charge in [-0.2, -0.15) is 0 Å². The van der Waals surface area contributed by atoms with Crippen molar-refractivity contribution in [2.24, 2.45) is 5.11 Å². The van der Waals surface area contributed by atoms with E-state index in [1.165, 1.54) is 18.0 Å². The van der Waals surface area contributed by atoms with Crippen LogP contribution in [0.1, 0.15) is 33.4 Å². The maximum atomic E-state index is 12.4. The average molecular weight is 450 g/mol. The normalized spacial score (nSPS) is 28.9. The van der Waals surface area contributed by atoms with Gasteiger partial charge in [0, 0.05) is 57.0 Å². The van der Waals surface area contributed by atoms with Crippen molar-refractivity contribution < 1.29 is 28.6 Å². The Balaban J connectivity index is 2.15. The maximum absolute atomic E-state index is 12.4. The van der Waals surface area contributed by atoms with Crippen molar-refractivity contribution in [3.05, 3.63) is 43.5 Å². The zero-order valence-corrected chi connectivity index (χ0v) is 17.6. The standard InChI is InChI=1S/C18H22N6O8/c1-9(25)24-8-13-18(32-11(3)27,6-12(24)7-20-22-19)15(30-10(2)26)16(31-13)23-5-4-14(28)21-17(23)29/h4-5,12-13,15-16H,6-8H2,1-3H3,(H,21,28,29)/t12-,13-,15+,16-,18-/m1/s1. The van der Waals surface area contributed by atoms with Gasteiger partial charge in [-0.3, -0.25) is 28.7 Å². The zero-order chi connectivity index (χ0) is 23.6. The van der Waals surface area contributed by atoms with Gasteiger partial charge in [0.05, 0.1) is 6.54 Å². The lowest BCUT2D eigenvalue weighted by Crippen LogP contribution is -2.65. The third kappa shape index (κ3) is 4.22. The molecule has 0 spiro atoms. The number of hydrogen-bond acceptors (Lipinski definition) is 9. The van der Waals surface area contributed by atoms with Crippen molar-refractivity contribution in [2.75, 3.05) is 13.1 Å². The minimum absolute atomic E-state index is 0.0810. The van der Waals surface area contributed by atoms with E-state index in [4.69, 9.17) is 19.7 Å². The van der Waals surface area contributed by atoms with Crippen LogP contribution in [0.15, 0.2) is 27.0 Å². The van der Waals surface area contributed by atoms with E-state index in [0.717, 1.165) is 24.5 Å². The van der Waals surface area contributed by atoms with Gasteiger partial charge in [-0.1, -0.05) is 5.11 Å². The number of likely N-dealkylation sites (tertiary alicyclic amines) is 1. The average Bonchev–Trinajstić information content (AvgIpc) is 2.97. The summed E-state index contributed by atoms with van der Waals surface area (Å²) in [6.45, 7) is 3.42. The molecule has 0 bridgehead atoms. The van der Waals surface area contributed by atoms with Crippen LogP contribution in [0, 0.1) is 0 Å². The quantitative estimate of drug-likeness (QED) is 0.271. The maximum Gasteiger partial charge on any atom is 0.330 e. The second-order valence-electron chi connectivity index (χ2n) is 7.55. The Morgan fingerprint density at radius 1 is 1.31 bits per heavy atom. The van der Waals surface area contributed by atoms with Crippen molar-refractivity contribution in [2.45, 2.75) is 57.3 Å². The second-order valence-corrected chi connectivity index (χ2v) is 7.55. The lowest BCUT2D eigenvalue weighted by molar-refractivity contribution is -0.196. The summed E-state index contributed by atoms with van der Waals surface area (Å²) in [5.41, 5.74) is 5.69. The minimum atomic E-state index is -1.58. The fourth-order valence-electron chi connectivity index (χ4n) is 4.32. The molecule has 2 aliphatic rings. The summed E-state index contributed by atoms with van der Waals surface area (Å²) in [6, 6.07) is 0.397. The van der Waals surface area contributed by atoms with Gasteiger partial charge in [0.25, 0.3) is 5.56 Å². The van der Waals surface area contributed by atoms with Crippen LogP contribution < -0.4 is 11.2 Å². The predicted octanol–water partition coefficient (Wildman–Crippen LogP) is -0.401. The fraction of sp³-hybridized carbons (Fsp3) is 0.611. The van der Waals surface area contributed by atoms with Gasteiger partial charge in [0.15, 0.2) is 17.9 Å². The molecule has 3 rings (SSSR count). The predicted molar refractivity (Wildman–Crippen MR) is 105 cm³/mol. The molecule has 1 N–H and O–H groups in total. The number of nitrogens with zero attached hydrogens (tertiary/aromatic N) is 5. The molecule has 14 heteroatoms. The van der Waals surface area contributed by atoms with E-state index in [9.17, 15) is 24.0 Å². The van der Waals surface area contributed by atoms with E-state index in [1.54, 1.807) is 0 Å². The molecule has 0 radical (unpaired) electrons. The van der Waals surface area contributed by atoms with Crippen LogP contribution in [0.25, 0.3) is 10.4 Å². The van der Waals surface area contributed by atoms with Gasteiger partial charge in [0.2, 0.25) is 5.91 Å². The third-order valence-electron chi connectivity index (χ3n) is 5.46. The lowest BCUT2D eigenvalue weighted by atomic mass is 9.80.